The van der Waals surface area contributed by atoms with E-state index in [2.05, 4.69) is 17.1 Å². The summed E-state index contributed by atoms with van der Waals surface area (Å²) in [6, 6.07) is 0. The standard InChI is InChI=1S/C14H28N2O2/c1-4-16(10-12(3)14(17)18-5-2)11-13-6-8-15-9-7-13/h12-13,15H,4-11H2,1-3H3. The highest BCUT2D eigenvalue weighted by Gasteiger charge is 2.21. The number of hydrogen-bond donors (Lipinski definition) is 1. The van der Waals surface area contributed by atoms with Gasteiger partial charge in [-0.2, -0.15) is 0 Å². The lowest BCUT2D eigenvalue weighted by Crippen LogP contribution is -2.39. The maximum absolute atomic E-state index is 11.6. The van der Waals surface area contributed by atoms with E-state index in [1.807, 2.05) is 13.8 Å². The second-order valence-electron chi connectivity index (χ2n) is 5.20. The summed E-state index contributed by atoms with van der Waals surface area (Å²) >= 11 is 0. The Balaban J connectivity index is 2.33. The van der Waals surface area contributed by atoms with Crippen molar-refractivity contribution in [2.75, 3.05) is 39.3 Å². The summed E-state index contributed by atoms with van der Waals surface area (Å²) in [5.41, 5.74) is 0. The number of nitrogens with zero attached hydrogens (tertiary/aromatic N) is 1. The Kier molecular flexibility index (Phi) is 7.28. The minimum atomic E-state index is -0.0683. The molecule has 0 bridgehead atoms. The fraction of sp³-hybridized carbons (Fsp3) is 0.929. The van der Waals surface area contributed by atoms with Crippen molar-refractivity contribution in [2.24, 2.45) is 11.8 Å². The van der Waals surface area contributed by atoms with Crippen molar-refractivity contribution in [3.8, 4) is 0 Å². The Morgan fingerprint density at radius 1 is 1.39 bits per heavy atom. The summed E-state index contributed by atoms with van der Waals surface area (Å²) in [5, 5.41) is 3.39. The molecule has 4 heteroatoms. The van der Waals surface area contributed by atoms with Crippen LogP contribution < -0.4 is 5.32 Å². The van der Waals surface area contributed by atoms with E-state index < -0.39 is 0 Å². The van der Waals surface area contributed by atoms with Crippen molar-refractivity contribution in [3.63, 3.8) is 0 Å². The van der Waals surface area contributed by atoms with Crippen LogP contribution in [0.1, 0.15) is 33.6 Å². The van der Waals surface area contributed by atoms with Crippen LogP contribution in [0.3, 0.4) is 0 Å². The molecule has 1 saturated heterocycles. The van der Waals surface area contributed by atoms with Gasteiger partial charge in [0.1, 0.15) is 0 Å². The SMILES string of the molecule is CCOC(=O)C(C)CN(CC)CC1CCNCC1. The normalized spacial score (nSPS) is 18.9. The third-order valence-corrected chi connectivity index (χ3v) is 3.64. The molecule has 1 atom stereocenters. The van der Waals surface area contributed by atoms with Gasteiger partial charge < -0.3 is 15.0 Å². The van der Waals surface area contributed by atoms with Crippen molar-refractivity contribution in [1.82, 2.24) is 10.2 Å². The molecule has 0 aromatic rings. The van der Waals surface area contributed by atoms with Gasteiger partial charge in [0.2, 0.25) is 0 Å². The molecule has 18 heavy (non-hydrogen) atoms. The lowest BCUT2D eigenvalue weighted by molar-refractivity contribution is -0.148. The van der Waals surface area contributed by atoms with Gasteiger partial charge in [0.15, 0.2) is 0 Å². The van der Waals surface area contributed by atoms with E-state index in [0.717, 1.165) is 38.6 Å². The molecular formula is C14H28N2O2. The summed E-state index contributed by atoms with van der Waals surface area (Å²) in [6.45, 7) is 11.7. The van der Waals surface area contributed by atoms with Crippen LogP contribution in [0, 0.1) is 11.8 Å². The molecule has 1 aliphatic heterocycles. The van der Waals surface area contributed by atoms with Crippen LogP contribution in [-0.2, 0) is 9.53 Å². The molecule has 1 aliphatic rings. The van der Waals surface area contributed by atoms with E-state index in [1.165, 1.54) is 12.8 Å². The second-order valence-corrected chi connectivity index (χ2v) is 5.20. The fourth-order valence-electron chi connectivity index (χ4n) is 2.51. The third kappa shape index (κ3) is 5.36. The van der Waals surface area contributed by atoms with E-state index >= 15 is 0 Å². The Hall–Kier alpha value is -0.610. The summed E-state index contributed by atoms with van der Waals surface area (Å²) in [4.78, 5) is 14.0. The van der Waals surface area contributed by atoms with Crippen molar-refractivity contribution in [2.45, 2.75) is 33.6 Å². The van der Waals surface area contributed by atoms with Crippen LogP contribution in [0.25, 0.3) is 0 Å². The van der Waals surface area contributed by atoms with Crippen molar-refractivity contribution < 1.29 is 9.53 Å². The van der Waals surface area contributed by atoms with E-state index in [-0.39, 0.29) is 11.9 Å². The zero-order chi connectivity index (χ0) is 13.4. The average molecular weight is 256 g/mol. The summed E-state index contributed by atoms with van der Waals surface area (Å²) < 4.78 is 5.06. The van der Waals surface area contributed by atoms with Gasteiger partial charge in [-0.15, -0.1) is 0 Å². The van der Waals surface area contributed by atoms with Crippen LogP contribution >= 0.6 is 0 Å². The van der Waals surface area contributed by atoms with Gasteiger partial charge in [-0.05, 0) is 45.3 Å². The molecule has 1 unspecified atom stereocenters. The quantitative estimate of drug-likeness (QED) is 0.701. The maximum atomic E-state index is 11.6. The number of carbonyl (C=O) groups is 1. The summed E-state index contributed by atoms with van der Waals surface area (Å²) in [5.74, 6) is 0.688. The van der Waals surface area contributed by atoms with Gasteiger partial charge in [-0.25, -0.2) is 0 Å². The summed E-state index contributed by atoms with van der Waals surface area (Å²) in [7, 11) is 0. The summed E-state index contributed by atoms with van der Waals surface area (Å²) in [6.07, 6.45) is 2.51. The number of rotatable bonds is 7. The molecule has 0 aromatic heterocycles. The van der Waals surface area contributed by atoms with E-state index in [4.69, 9.17) is 4.74 Å². The predicted molar refractivity (Wildman–Crippen MR) is 73.5 cm³/mol. The highest BCUT2D eigenvalue weighted by molar-refractivity contribution is 5.72. The maximum Gasteiger partial charge on any atom is 0.309 e. The zero-order valence-electron chi connectivity index (χ0n) is 12.1. The Morgan fingerprint density at radius 3 is 2.61 bits per heavy atom. The van der Waals surface area contributed by atoms with Crippen molar-refractivity contribution in [1.29, 1.82) is 0 Å². The number of hydrogen-bond acceptors (Lipinski definition) is 4. The highest BCUT2D eigenvalue weighted by atomic mass is 16.5. The van der Waals surface area contributed by atoms with Gasteiger partial charge in [-0.1, -0.05) is 13.8 Å². The smallest absolute Gasteiger partial charge is 0.309 e. The van der Waals surface area contributed by atoms with E-state index in [9.17, 15) is 4.79 Å². The molecule has 0 saturated carbocycles. The Morgan fingerprint density at radius 2 is 2.06 bits per heavy atom. The number of esters is 1. The molecule has 4 nitrogen and oxygen atoms in total. The number of carbonyl (C=O) groups excluding carboxylic acids is 1. The molecule has 0 aliphatic carbocycles. The topological polar surface area (TPSA) is 41.6 Å². The van der Waals surface area contributed by atoms with Crippen LogP contribution in [0.15, 0.2) is 0 Å². The van der Waals surface area contributed by atoms with Crippen LogP contribution in [0.5, 0.6) is 0 Å². The zero-order valence-corrected chi connectivity index (χ0v) is 12.1. The molecule has 106 valence electrons. The minimum Gasteiger partial charge on any atom is -0.466 e. The van der Waals surface area contributed by atoms with Crippen molar-refractivity contribution >= 4 is 5.97 Å². The first-order chi connectivity index (χ1) is 8.67. The van der Waals surface area contributed by atoms with Gasteiger partial charge in [-0.3, -0.25) is 4.79 Å². The van der Waals surface area contributed by atoms with Crippen LogP contribution in [0.4, 0.5) is 0 Å². The first-order valence-corrected chi connectivity index (χ1v) is 7.27. The lowest BCUT2D eigenvalue weighted by atomic mass is 9.97. The monoisotopic (exact) mass is 256 g/mol. The average Bonchev–Trinajstić information content (AvgIpc) is 2.39. The first-order valence-electron chi connectivity index (χ1n) is 7.27. The number of nitrogens with one attached hydrogen (secondary N) is 1. The fourth-order valence-corrected chi connectivity index (χ4v) is 2.51. The molecule has 0 radical (unpaired) electrons. The molecule has 1 rings (SSSR count). The third-order valence-electron chi connectivity index (χ3n) is 3.64. The van der Waals surface area contributed by atoms with Crippen LogP contribution in [-0.4, -0.2) is 50.2 Å². The molecule has 0 amide bonds. The molecule has 0 spiro atoms. The first kappa shape index (κ1) is 15.4. The molecule has 0 aromatic carbocycles. The number of piperidine rings is 1. The van der Waals surface area contributed by atoms with E-state index in [1.54, 1.807) is 0 Å². The molecular weight excluding hydrogens is 228 g/mol. The van der Waals surface area contributed by atoms with Gasteiger partial charge >= 0.3 is 5.97 Å². The van der Waals surface area contributed by atoms with Gasteiger partial charge in [0.05, 0.1) is 12.5 Å². The second kappa shape index (κ2) is 8.48. The lowest BCUT2D eigenvalue weighted by Gasteiger charge is -2.30. The number of ether oxygens (including phenoxy) is 1. The largest absolute Gasteiger partial charge is 0.466 e. The predicted octanol–water partition coefficient (Wildman–Crippen LogP) is 1.51. The van der Waals surface area contributed by atoms with E-state index in [0.29, 0.717) is 6.61 Å². The van der Waals surface area contributed by atoms with Crippen molar-refractivity contribution in [3.05, 3.63) is 0 Å². The van der Waals surface area contributed by atoms with Gasteiger partial charge in [0, 0.05) is 13.1 Å². The Bertz CT molecular complexity index is 240. The van der Waals surface area contributed by atoms with Crippen LogP contribution in [0.2, 0.25) is 0 Å². The van der Waals surface area contributed by atoms with Gasteiger partial charge in [0.25, 0.3) is 0 Å². The molecule has 1 heterocycles. The Labute approximate surface area is 111 Å². The highest BCUT2D eigenvalue weighted by Crippen LogP contribution is 2.14. The molecule has 1 N–H and O–H groups in total. The minimum absolute atomic E-state index is 0.0217. The molecule has 1 fully saturated rings.